The standard InChI is InChI=1S/C20H22BrN3O4/c1-13(2)10-16(23-19(26)14-6-4-3-5-7-14)20(27)28-12-18(25)24-17-9-8-15(21)11-22-17/h3-9,11,13,16H,10,12H2,1-2H3,(H,23,26)(H,22,24,25)/t16-/m1/s1. The van der Waals surface area contributed by atoms with Gasteiger partial charge in [0.1, 0.15) is 11.9 Å². The van der Waals surface area contributed by atoms with Crippen LogP contribution in [0.1, 0.15) is 30.6 Å². The number of amides is 2. The molecule has 28 heavy (non-hydrogen) atoms. The van der Waals surface area contributed by atoms with Gasteiger partial charge in [0.25, 0.3) is 11.8 Å². The first-order valence-corrected chi connectivity index (χ1v) is 9.58. The highest BCUT2D eigenvalue weighted by Gasteiger charge is 2.24. The van der Waals surface area contributed by atoms with Gasteiger partial charge in [-0.05, 0) is 52.5 Å². The summed E-state index contributed by atoms with van der Waals surface area (Å²) in [7, 11) is 0. The molecule has 2 amide bonds. The van der Waals surface area contributed by atoms with Crippen molar-refractivity contribution >= 4 is 39.5 Å². The van der Waals surface area contributed by atoms with Gasteiger partial charge in [0, 0.05) is 16.2 Å². The molecule has 148 valence electrons. The summed E-state index contributed by atoms with van der Waals surface area (Å²) in [5.41, 5.74) is 0.447. The summed E-state index contributed by atoms with van der Waals surface area (Å²) in [5.74, 6) is -1.04. The second-order valence-electron chi connectivity index (χ2n) is 6.54. The number of aromatic nitrogens is 1. The molecule has 0 fully saturated rings. The lowest BCUT2D eigenvalue weighted by Crippen LogP contribution is -2.43. The highest BCUT2D eigenvalue weighted by Crippen LogP contribution is 2.11. The maximum absolute atomic E-state index is 12.4. The monoisotopic (exact) mass is 447 g/mol. The summed E-state index contributed by atoms with van der Waals surface area (Å²) in [5, 5.41) is 5.22. The van der Waals surface area contributed by atoms with Crippen molar-refractivity contribution < 1.29 is 19.1 Å². The molecule has 2 aromatic rings. The van der Waals surface area contributed by atoms with E-state index in [4.69, 9.17) is 4.74 Å². The first-order valence-electron chi connectivity index (χ1n) is 8.79. The molecule has 8 heteroatoms. The fraction of sp³-hybridized carbons (Fsp3) is 0.300. The molecule has 7 nitrogen and oxygen atoms in total. The lowest BCUT2D eigenvalue weighted by atomic mass is 10.0. The van der Waals surface area contributed by atoms with Gasteiger partial charge in [0.2, 0.25) is 0 Å². The Morgan fingerprint density at radius 1 is 1.11 bits per heavy atom. The number of benzene rings is 1. The van der Waals surface area contributed by atoms with Crippen molar-refractivity contribution in [2.24, 2.45) is 5.92 Å². The average Bonchev–Trinajstić information content (AvgIpc) is 2.67. The number of halogens is 1. The molecule has 1 atom stereocenters. The summed E-state index contributed by atoms with van der Waals surface area (Å²) < 4.78 is 5.88. The number of rotatable bonds is 8. The van der Waals surface area contributed by atoms with Crippen LogP contribution in [0.3, 0.4) is 0 Å². The normalized spacial score (nSPS) is 11.6. The van der Waals surface area contributed by atoms with Crippen molar-refractivity contribution in [3.8, 4) is 0 Å². The quantitative estimate of drug-likeness (QED) is 0.605. The lowest BCUT2D eigenvalue weighted by molar-refractivity contribution is -0.149. The van der Waals surface area contributed by atoms with Crippen LogP contribution in [0.4, 0.5) is 5.82 Å². The molecular weight excluding hydrogens is 426 g/mol. The third kappa shape index (κ3) is 7.11. The van der Waals surface area contributed by atoms with Crippen LogP contribution >= 0.6 is 15.9 Å². The lowest BCUT2D eigenvalue weighted by Gasteiger charge is -2.19. The Balaban J connectivity index is 1.91. The van der Waals surface area contributed by atoms with Gasteiger partial charge < -0.3 is 15.4 Å². The van der Waals surface area contributed by atoms with Gasteiger partial charge in [-0.15, -0.1) is 0 Å². The van der Waals surface area contributed by atoms with Crippen molar-refractivity contribution in [2.45, 2.75) is 26.3 Å². The van der Waals surface area contributed by atoms with E-state index in [9.17, 15) is 14.4 Å². The Bertz CT molecular complexity index is 810. The van der Waals surface area contributed by atoms with Crippen molar-refractivity contribution in [2.75, 3.05) is 11.9 Å². The molecule has 0 aliphatic heterocycles. The van der Waals surface area contributed by atoms with Crippen LogP contribution in [-0.4, -0.2) is 35.4 Å². The zero-order valence-electron chi connectivity index (χ0n) is 15.6. The van der Waals surface area contributed by atoms with Crippen molar-refractivity contribution in [3.05, 3.63) is 58.7 Å². The predicted octanol–water partition coefficient (Wildman–Crippen LogP) is 3.17. The van der Waals surface area contributed by atoms with Crippen molar-refractivity contribution in [3.63, 3.8) is 0 Å². The molecule has 1 aromatic heterocycles. The van der Waals surface area contributed by atoms with Crippen LogP contribution in [0.25, 0.3) is 0 Å². The molecule has 2 N–H and O–H groups in total. The number of pyridine rings is 1. The van der Waals surface area contributed by atoms with Gasteiger partial charge in [-0.2, -0.15) is 0 Å². The summed E-state index contributed by atoms with van der Waals surface area (Å²) in [4.78, 5) is 40.7. The minimum Gasteiger partial charge on any atom is -0.454 e. The van der Waals surface area contributed by atoms with E-state index < -0.39 is 24.5 Å². The minimum absolute atomic E-state index is 0.148. The number of esters is 1. The molecule has 1 aromatic carbocycles. The second-order valence-corrected chi connectivity index (χ2v) is 7.45. The maximum atomic E-state index is 12.4. The van der Waals surface area contributed by atoms with Crippen LogP contribution in [0.2, 0.25) is 0 Å². The van der Waals surface area contributed by atoms with Crippen LogP contribution in [0.15, 0.2) is 53.1 Å². The first-order chi connectivity index (χ1) is 13.3. The fourth-order valence-electron chi connectivity index (χ4n) is 2.38. The van der Waals surface area contributed by atoms with Crippen LogP contribution in [0.5, 0.6) is 0 Å². The van der Waals surface area contributed by atoms with E-state index in [1.165, 1.54) is 0 Å². The molecule has 0 aliphatic rings. The number of hydrogen-bond donors (Lipinski definition) is 2. The molecule has 0 bridgehead atoms. The van der Waals surface area contributed by atoms with Gasteiger partial charge in [0.05, 0.1) is 0 Å². The highest BCUT2D eigenvalue weighted by atomic mass is 79.9. The molecule has 2 rings (SSSR count). The van der Waals surface area contributed by atoms with Gasteiger partial charge >= 0.3 is 5.97 Å². The zero-order chi connectivity index (χ0) is 20.5. The zero-order valence-corrected chi connectivity index (χ0v) is 17.2. The molecule has 0 unspecified atom stereocenters. The van der Waals surface area contributed by atoms with E-state index in [2.05, 4.69) is 31.5 Å². The Kier molecular flexibility index (Phi) is 8.13. The van der Waals surface area contributed by atoms with Crippen LogP contribution < -0.4 is 10.6 Å². The van der Waals surface area contributed by atoms with Gasteiger partial charge in [-0.25, -0.2) is 9.78 Å². The molecule has 0 aliphatic carbocycles. The van der Waals surface area contributed by atoms with Crippen LogP contribution in [-0.2, 0) is 14.3 Å². The molecule has 1 heterocycles. The first kappa shape index (κ1) is 21.6. The molecule has 0 spiro atoms. The number of carbonyl (C=O) groups is 3. The Morgan fingerprint density at radius 2 is 1.82 bits per heavy atom. The molecule has 0 saturated carbocycles. The fourth-order valence-corrected chi connectivity index (χ4v) is 2.62. The van der Waals surface area contributed by atoms with Crippen molar-refractivity contribution in [1.82, 2.24) is 10.3 Å². The molecular formula is C20H22BrN3O4. The van der Waals surface area contributed by atoms with E-state index in [0.29, 0.717) is 17.8 Å². The van der Waals surface area contributed by atoms with E-state index >= 15 is 0 Å². The topological polar surface area (TPSA) is 97.4 Å². The van der Waals surface area contributed by atoms with E-state index in [-0.39, 0.29) is 11.8 Å². The summed E-state index contributed by atoms with van der Waals surface area (Å²) in [6.45, 7) is 3.40. The summed E-state index contributed by atoms with van der Waals surface area (Å²) in [6.07, 6.45) is 1.94. The van der Waals surface area contributed by atoms with Crippen LogP contribution in [0, 0.1) is 5.92 Å². The van der Waals surface area contributed by atoms with E-state index in [0.717, 1.165) is 4.47 Å². The largest absolute Gasteiger partial charge is 0.454 e. The smallest absolute Gasteiger partial charge is 0.329 e. The number of carbonyl (C=O) groups excluding carboxylic acids is 3. The minimum atomic E-state index is -0.841. The number of ether oxygens (including phenoxy) is 1. The average molecular weight is 448 g/mol. The Morgan fingerprint density at radius 3 is 2.43 bits per heavy atom. The number of nitrogens with zero attached hydrogens (tertiary/aromatic N) is 1. The van der Waals surface area contributed by atoms with E-state index in [1.807, 2.05) is 13.8 Å². The predicted molar refractivity (Wildman–Crippen MR) is 109 cm³/mol. The highest BCUT2D eigenvalue weighted by molar-refractivity contribution is 9.10. The molecule has 0 saturated heterocycles. The summed E-state index contributed by atoms with van der Waals surface area (Å²) >= 11 is 3.25. The van der Waals surface area contributed by atoms with Gasteiger partial charge in [-0.1, -0.05) is 32.0 Å². The summed E-state index contributed by atoms with van der Waals surface area (Å²) in [6, 6.07) is 11.1. The third-order valence-corrected chi connectivity index (χ3v) is 4.14. The number of nitrogens with one attached hydrogen (secondary N) is 2. The Labute approximate surface area is 172 Å². The van der Waals surface area contributed by atoms with E-state index in [1.54, 1.807) is 48.7 Å². The second kappa shape index (κ2) is 10.6. The third-order valence-electron chi connectivity index (χ3n) is 3.67. The van der Waals surface area contributed by atoms with Gasteiger partial charge in [-0.3, -0.25) is 9.59 Å². The Hall–Kier alpha value is -2.74. The SMILES string of the molecule is CC(C)C[C@@H](NC(=O)c1ccccc1)C(=O)OCC(=O)Nc1ccc(Br)cn1. The molecule has 0 radical (unpaired) electrons. The number of anilines is 1. The van der Waals surface area contributed by atoms with Crippen molar-refractivity contribution in [1.29, 1.82) is 0 Å². The number of hydrogen-bond acceptors (Lipinski definition) is 5. The maximum Gasteiger partial charge on any atom is 0.329 e. The van der Waals surface area contributed by atoms with Gasteiger partial charge in [0.15, 0.2) is 6.61 Å².